The second-order valence-electron chi connectivity index (χ2n) is 8.02. The molecule has 3 aliphatic carbocycles. The highest BCUT2D eigenvalue weighted by Crippen LogP contribution is 2.61. The standard InChI is InChI=1S/C25H23NO2/c1-25(24(27)26-21-13-7-8-14-22(21)28-2)15-20-16-9-3-5-11-18(16)23(25)19-12-6-4-10-17(19)20/h3-14,20,23H,15H2,1-2H3,(H,26,27)/t20?,23?,25-/m1/s1. The molecule has 0 radical (unpaired) electrons. The maximum Gasteiger partial charge on any atom is 0.231 e. The van der Waals surface area contributed by atoms with Crippen molar-refractivity contribution in [3.05, 3.63) is 95.1 Å². The zero-order chi connectivity index (χ0) is 19.3. The van der Waals surface area contributed by atoms with E-state index in [0.29, 0.717) is 5.75 Å². The molecule has 1 atom stereocenters. The van der Waals surface area contributed by atoms with E-state index in [0.717, 1.165) is 12.1 Å². The molecular weight excluding hydrogens is 346 g/mol. The Balaban J connectivity index is 1.60. The molecule has 3 nitrogen and oxygen atoms in total. The summed E-state index contributed by atoms with van der Waals surface area (Å²) in [6.07, 6.45) is 0.812. The van der Waals surface area contributed by atoms with E-state index in [1.54, 1.807) is 7.11 Å². The average molecular weight is 369 g/mol. The van der Waals surface area contributed by atoms with Crippen LogP contribution in [0.4, 0.5) is 5.69 Å². The van der Waals surface area contributed by atoms with Gasteiger partial charge in [-0.25, -0.2) is 0 Å². The summed E-state index contributed by atoms with van der Waals surface area (Å²) in [5.41, 5.74) is 5.51. The van der Waals surface area contributed by atoms with Crippen molar-refractivity contribution in [2.75, 3.05) is 12.4 Å². The Morgan fingerprint density at radius 3 is 2.04 bits per heavy atom. The van der Waals surface area contributed by atoms with Gasteiger partial charge in [-0.15, -0.1) is 0 Å². The van der Waals surface area contributed by atoms with Gasteiger partial charge in [0.25, 0.3) is 0 Å². The van der Waals surface area contributed by atoms with Gasteiger partial charge in [0.15, 0.2) is 0 Å². The lowest BCUT2D eigenvalue weighted by Crippen LogP contribution is -2.47. The Kier molecular flexibility index (Phi) is 3.80. The van der Waals surface area contributed by atoms with Crippen LogP contribution in [-0.2, 0) is 4.79 Å². The third-order valence-corrected chi connectivity index (χ3v) is 6.50. The monoisotopic (exact) mass is 369 g/mol. The van der Waals surface area contributed by atoms with Crippen LogP contribution in [0.15, 0.2) is 72.8 Å². The summed E-state index contributed by atoms with van der Waals surface area (Å²) in [6, 6.07) is 24.8. The van der Waals surface area contributed by atoms with E-state index in [1.807, 2.05) is 24.3 Å². The number of fused-ring (bicyclic) bond motifs is 1. The van der Waals surface area contributed by atoms with E-state index in [4.69, 9.17) is 4.74 Å². The molecule has 28 heavy (non-hydrogen) atoms. The van der Waals surface area contributed by atoms with E-state index in [9.17, 15) is 4.79 Å². The molecular formula is C25H23NO2. The van der Waals surface area contributed by atoms with Gasteiger partial charge in [-0.2, -0.15) is 0 Å². The summed E-state index contributed by atoms with van der Waals surface area (Å²) in [6.45, 7) is 2.11. The second-order valence-corrected chi connectivity index (χ2v) is 8.02. The lowest BCUT2D eigenvalue weighted by molar-refractivity contribution is -0.126. The molecule has 0 saturated carbocycles. The zero-order valence-electron chi connectivity index (χ0n) is 16.1. The summed E-state index contributed by atoms with van der Waals surface area (Å²) in [7, 11) is 1.63. The Labute approximate surface area is 165 Å². The molecule has 3 aromatic carbocycles. The molecule has 0 unspecified atom stereocenters. The Bertz CT molecular complexity index is 1030. The first-order chi connectivity index (χ1) is 13.6. The number of para-hydroxylation sites is 2. The smallest absolute Gasteiger partial charge is 0.231 e. The van der Waals surface area contributed by atoms with Crippen molar-refractivity contribution in [3.8, 4) is 5.75 Å². The highest BCUT2D eigenvalue weighted by molar-refractivity contribution is 5.98. The second kappa shape index (κ2) is 6.23. The summed E-state index contributed by atoms with van der Waals surface area (Å²) < 4.78 is 5.43. The number of carbonyl (C=O) groups is 1. The summed E-state index contributed by atoms with van der Waals surface area (Å²) in [5, 5.41) is 3.15. The molecule has 0 fully saturated rings. The van der Waals surface area contributed by atoms with Gasteiger partial charge in [-0.3, -0.25) is 4.79 Å². The first kappa shape index (κ1) is 17.1. The van der Waals surface area contributed by atoms with Gasteiger partial charge in [0.1, 0.15) is 5.75 Å². The Hall–Kier alpha value is -3.07. The first-order valence-corrected chi connectivity index (χ1v) is 9.75. The van der Waals surface area contributed by atoms with Crippen molar-refractivity contribution in [1.29, 1.82) is 0 Å². The molecule has 2 bridgehead atoms. The molecule has 3 aliphatic rings. The van der Waals surface area contributed by atoms with Crippen LogP contribution < -0.4 is 10.1 Å². The number of hydrogen-bond acceptors (Lipinski definition) is 2. The summed E-state index contributed by atoms with van der Waals surface area (Å²) in [4.78, 5) is 13.6. The fourth-order valence-electron chi connectivity index (χ4n) is 5.20. The van der Waals surface area contributed by atoms with E-state index < -0.39 is 5.41 Å². The number of ether oxygens (including phenoxy) is 1. The first-order valence-electron chi connectivity index (χ1n) is 9.75. The van der Waals surface area contributed by atoms with Crippen LogP contribution in [0.25, 0.3) is 0 Å². The van der Waals surface area contributed by atoms with Crippen molar-refractivity contribution < 1.29 is 9.53 Å². The van der Waals surface area contributed by atoms with Gasteiger partial charge >= 0.3 is 0 Å². The van der Waals surface area contributed by atoms with Crippen molar-refractivity contribution >= 4 is 11.6 Å². The number of nitrogens with one attached hydrogen (secondary N) is 1. The van der Waals surface area contributed by atoms with Crippen LogP contribution in [0.5, 0.6) is 5.75 Å². The zero-order valence-corrected chi connectivity index (χ0v) is 16.1. The maximum absolute atomic E-state index is 13.6. The fourth-order valence-corrected chi connectivity index (χ4v) is 5.20. The minimum absolute atomic E-state index is 0.0519. The number of carbonyl (C=O) groups excluding carboxylic acids is 1. The minimum Gasteiger partial charge on any atom is -0.495 e. The molecule has 0 aliphatic heterocycles. The number of methoxy groups -OCH3 is 1. The van der Waals surface area contributed by atoms with Crippen molar-refractivity contribution in [3.63, 3.8) is 0 Å². The third-order valence-electron chi connectivity index (χ3n) is 6.50. The van der Waals surface area contributed by atoms with Gasteiger partial charge in [-0.05, 0) is 47.7 Å². The highest BCUT2D eigenvalue weighted by Gasteiger charge is 2.53. The molecule has 1 amide bonds. The van der Waals surface area contributed by atoms with Gasteiger partial charge < -0.3 is 10.1 Å². The predicted molar refractivity (Wildman–Crippen MR) is 111 cm³/mol. The molecule has 0 aromatic heterocycles. The van der Waals surface area contributed by atoms with E-state index >= 15 is 0 Å². The lowest BCUT2D eigenvalue weighted by atomic mass is 9.52. The van der Waals surface area contributed by atoms with Gasteiger partial charge in [0, 0.05) is 11.8 Å². The summed E-state index contributed by atoms with van der Waals surface area (Å²) >= 11 is 0. The van der Waals surface area contributed by atoms with Crippen LogP contribution in [0, 0.1) is 5.41 Å². The molecule has 3 aromatic rings. The van der Waals surface area contributed by atoms with Crippen LogP contribution in [0.2, 0.25) is 0 Å². The largest absolute Gasteiger partial charge is 0.495 e. The Morgan fingerprint density at radius 1 is 0.893 bits per heavy atom. The van der Waals surface area contributed by atoms with E-state index in [1.165, 1.54) is 22.3 Å². The van der Waals surface area contributed by atoms with Gasteiger partial charge in [-0.1, -0.05) is 60.7 Å². The third kappa shape index (κ3) is 2.32. The fraction of sp³-hybridized carbons (Fsp3) is 0.240. The Morgan fingerprint density at radius 2 is 1.43 bits per heavy atom. The van der Waals surface area contributed by atoms with Crippen LogP contribution >= 0.6 is 0 Å². The highest BCUT2D eigenvalue weighted by atomic mass is 16.5. The number of amides is 1. The van der Waals surface area contributed by atoms with Crippen molar-refractivity contribution in [2.45, 2.75) is 25.2 Å². The molecule has 6 rings (SSSR count). The number of rotatable bonds is 3. The van der Waals surface area contributed by atoms with Crippen molar-refractivity contribution in [2.24, 2.45) is 5.41 Å². The van der Waals surface area contributed by atoms with Gasteiger partial charge in [0.2, 0.25) is 5.91 Å². The SMILES string of the molecule is COc1ccccc1NC(=O)[C@]1(C)CC2c3ccccc3C1c1ccccc12. The van der Waals surface area contributed by atoms with Crippen LogP contribution in [0.1, 0.15) is 47.4 Å². The molecule has 140 valence electrons. The summed E-state index contributed by atoms with van der Waals surface area (Å²) in [5.74, 6) is 1.04. The minimum atomic E-state index is -0.520. The van der Waals surface area contributed by atoms with Crippen LogP contribution in [-0.4, -0.2) is 13.0 Å². The average Bonchev–Trinajstić information content (AvgIpc) is 2.74. The lowest BCUT2D eigenvalue weighted by Gasteiger charge is -2.50. The van der Waals surface area contributed by atoms with E-state index in [2.05, 4.69) is 60.8 Å². The molecule has 0 spiro atoms. The quantitative estimate of drug-likeness (QED) is 0.678. The van der Waals surface area contributed by atoms with Crippen LogP contribution in [0.3, 0.4) is 0 Å². The molecule has 0 saturated heterocycles. The normalized spacial score (nSPS) is 24.2. The number of benzene rings is 3. The molecule has 0 heterocycles. The maximum atomic E-state index is 13.6. The van der Waals surface area contributed by atoms with Gasteiger partial charge in [0.05, 0.1) is 18.2 Å². The molecule has 1 N–H and O–H groups in total. The topological polar surface area (TPSA) is 38.3 Å². The van der Waals surface area contributed by atoms with Crippen molar-refractivity contribution in [1.82, 2.24) is 0 Å². The molecule has 3 heteroatoms. The van der Waals surface area contributed by atoms with E-state index in [-0.39, 0.29) is 17.7 Å². The predicted octanol–water partition coefficient (Wildman–Crippen LogP) is 5.32. The number of hydrogen-bond donors (Lipinski definition) is 1. The number of anilines is 1.